The first-order chi connectivity index (χ1) is 10.6. The van der Waals surface area contributed by atoms with Crippen LogP contribution in [0, 0.1) is 5.92 Å². The summed E-state index contributed by atoms with van der Waals surface area (Å²) in [7, 11) is 0. The molecule has 0 bridgehead atoms. The molecule has 7 heteroatoms. The van der Waals surface area contributed by atoms with Crippen LogP contribution in [0.15, 0.2) is 24.3 Å². The zero-order chi connectivity index (χ0) is 17.6. The van der Waals surface area contributed by atoms with E-state index in [4.69, 9.17) is 0 Å². The van der Waals surface area contributed by atoms with Gasteiger partial charge in [-0.25, -0.2) is 0 Å². The van der Waals surface area contributed by atoms with Gasteiger partial charge in [-0.1, -0.05) is 13.8 Å². The summed E-state index contributed by atoms with van der Waals surface area (Å²) in [5.74, 6) is -0.187. The summed E-state index contributed by atoms with van der Waals surface area (Å²) in [6.45, 7) is 5.61. The zero-order valence-electron chi connectivity index (χ0n) is 13.4. The van der Waals surface area contributed by atoms with Crippen molar-refractivity contribution in [2.75, 3.05) is 18.0 Å². The lowest BCUT2D eigenvalue weighted by molar-refractivity contribution is -0.137. The maximum Gasteiger partial charge on any atom is 0.416 e. The van der Waals surface area contributed by atoms with Gasteiger partial charge in [-0.3, -0.25) is 9.59 Å². The minimum Gasteiger partial charge on any atom is -0.354 e. The van der Waals surface area contributed by atoms with Crippen LogP contribution in [-0.2, 0) is 15.8 Å². The summed E-state index contributed by atoms with van der Waals surface area (Å²) in [6.07, 6.45) is -4.02. The van der Waals surface area contributed by atoms with Crippen molar-refractivity contribution in [2.45, 2.75) is 33.4 Å². The Morgan fingerprint density at radius 2 is 1.74 bits per heavy atom. The SMILES string of the molecule is CC(=O)N(CCNC(=O)CC(C)C)c1ccc(C(F)(F)F)cc1. The Morgan fingerprint density at radius 1 is 1.17 bits per heavy atom. The third-order valence-corrected chi connectivity index (χ3v) is 3.14. The number of benzene rings is 1. The largest absolute Gasteiger partial charge is 0.416 e. The van der Waals surface area contributed by atoms with Crippen molar-refractivity contribution >= 4 is 17.5 Å². The number of alkyl halides is 3. The van der Waals surface area contributed by atoms with Crippen LogP contribution in [-0.4, -0.2) is 24.9 Å². The molecule has 1 rings (SSSR count). The van der Waals surface area contributed by atoms with Crippen LogP contribution in [0.25, 0.3) is 0 Å². The molecule has 0 fully saturated rings. The first-order valence-electron chi connectivity index (χ1n) is 7.33. The van der Waals surface area contributed by atoms with Crippen LogP contribution in [0.4, 0.5) is 18.9 Å². The molecule has 0 spiro atoms. The van der Waals surface area contributed by atoms with Gasteiger partial charge in [-0.05, 0) is 30.2 Å². The van der Waals surface area contributed by atoms with Gasteiger partial charge in [0, 0.05) is 32.1 Å². The minimum absolute atomic E-state index is 0.115. The van der Waals surface area contributed by atoms with Gasteiger partial charge < -0.3 is 10.2 Å². The highest BCUT2D eigenvalue weighted by Crippen LogP contribution is 2.30. The second kappa shape index (κ2) is 7.99. The molecule has 1 aromatic rings. The summed E-state index contributed by atoms with van der Waals surface area (Å²) in [5, 5.41) is 2.69. The van der Waals surface area contributed by atoms with Crippen LogP contribution in [0.3, 0.4) is 0 Å². The predicted molar refractivity (Wildman–Crippen MR) is 81.9 cm³/mol. The lowest BCUT2D eigenvalue weighted by atomic mass is 10.1. The molecule has 0 atom stereocenters. The van der Waals surface area contributed by atoms with E-state index in [1.807, 2.05) is 13.8 Å². The van der Waals surface area contributed by atoms with E-state index in [-0.39, 0.29) is 30.8 Å². The van der Waals surface area contributed by atoms with E-state index in [1.54, 1.807) is 0 Å². The fraction of sp³-hybridized carbons (Fsp3) is 0.500. The van der Waals surface area contributed by atoms with Crippen molar-refractivity contribution in [1.29, 1.82) is 0 Å². The maximum absolute atomic E-state index is 12.5. The number of hydrogen-bond acceptors (Lipinski definition) is 2. The summed E-state index contributed by atoms with van der Waals surface area (Å²) >= 11 is 0. The first-order valence-corrected chi connectivity index (χ1v) is 7.33. The number of anilines is 1. The number of nitrogens with zero attached hydrogens (tertiary/aromatic N) is 1. The summed E-state index contributed by atoms with van der Waals surface area (Å²) in [5.41, 5.74) is -0.404. The molecule has 0 heterocycles. The molecule has 0 aliphatic rings. The third-order valence-electron chi connectivity index (χ3n) is 3.14. The highest BCUT2D eigenvalue weighted by Gasteiger charge is 2.30. The Balaban J connectivity index is 2.68. The van der Waals surface area contributed by atoms with Crippen LogP contribution in [0.1, 0.15) is 32.8 Å². The first kappa shape index (κ1) is 19.0. The highest BCUT2D eigenvalue weighted by molar-refractivity contribution is 5.91. The van der Waals surface area contributed by atoms with Gasteiger partial charge >= 0.3 is 6.18 Å². The number of carbonyl (C=O) groups is 2. The molecule has 23 heavy (non-hydrogen) atoms. The van der Waals surface area contributed by atoms with Gasteiger partial charge in [-0.15, -0.1) is 0 Å². The Hall–Kier alpha value is -2.05. The van der Waals surface area contributed by atoms with E-state index in [0.717, 1.165) is 12.1 Å². The average Bonchev–Trinajstić information content (AvgIpc) is 2.41. The summed E-state index contributed by atoms with van der Waals surface area (Å²) in [6, 6.07) is 4.37. The molecule has 0 saturated heterocycles. The standard InChI is InChI=1S/C16H21F3N2O2/c1-11(2)10-15(23)20-8-9-21(12(3)22)14-6-4-13(5-7-14)16(17,18)19/h4-7,11H,8-10H2,1-3H3,(H,20,23). The van der Waals surface area contributed by atoms with Crippen molar-refractivity contribution in [3.8, 4) is 0 Å². The number of rotatable bonds is 6. The molecule has 1 N–H and O–H groups in total. The van der Waals surface area contributed by atoms with Gasteiger partial charge in [0.15, 0.2) is 0 Å². The Morgan fingerprint density at radius 3 is 2.17 bits per heavy atom. The number of amides is 2. The second-order valence-corrected chi connectivity index (χ2v) is 5.66. The molecule has 0 unspecified atom stereocenters. The predicted octanol–water partition coefficient (Wildman–Crippen LogP) is 3.22. The minimum atomic E-state index is -4.41. The van der Waals surface area contributed by atoms with E-state index < -0.39 is 11.7 Å². The monoisotopic (exact) mass is 330 g/mol. The van der Waals surface area contributed by atoms with Crippen molar-refractivity contribution in [2.24, 2.45) is 5.92 Å². The average molecular weight is 330 g/mol. The van der Waals surface area contributed by atoms with Gasteiger partial charge in [-0.2, -0.15) is 13.2 Å². The Labute approximate surface area is 133 Å². The summed E-state index contributed by atoms with van der Waals surface area (Å²) < 4.78 is 37.6. The van der Waals surface area contributed by atoms with E-state index >= 15 is 0 Å². The van der Waals surface area contributed by atoms with Gasteiger partial charge in [0.05, 0.1) is 5.56 Å². The van der Waals surface area contributed by atoms with Gasteiger partial charge in [0.2, 0.25) is 11.8 Å². The zero-order valence-corrected chi connectivity index (χ0v) is 13.4. The van der Waals surface area contributed by atoms with Crippen LogP contribution in [0.5, 0.6) is 0 Å². The highest BCUT2D eigenvalue weighted by atomic mass is 19.4. The fourth-order valence-corrected chi connectivity index (χ4v) is 2.05. The smallest absolute Gasteiger partial charge is 0.354 e. The molecule has 1 aromatic carbocycles. The number of hydrogen-bond donors (Lipinski definition) is 1. The van der Waals surface area contributed by atoms with Crippen molar-refractivity contribution in [3.05, 3.63) is 29.8 Å². The van der Waals surface area contributed by atoms with E-state index in [0.29, 0.717) is 12.1 Å². The Kier molecular flexibility index (Phi) is 6.60. The molecule has 0 aromatic heterocycles. The fourth-order valence-electron chi connectivity index (χ4n) is 2.05. The van der Waals surface area contributed by atoms with Crippen LogP contribution >= 0.6 is 0 Å². The van der Waals surface area contributed by atoms with Crippen molar-refractivity contribution in [1.82, 2.24) is 5.32 Å². The van der Waals surface area contributed by atoms with Gasteiger partial charge in [0.25, 0.3) is 0 Å². The lowest BCUT2D eigenvalue weighted by Gasteiger charge is -2.22. The molecule has 4 nitrogen and oxygen atoms in total. The van der Waals surface area contributed by atoms with Crippen LogP contribution in [0.2, 0.25) is 0 Å². The molecular formula is C16H21F3N2O2. The van der Waals surface area contributed by atoms with Crippen LogP contribution < -0.4 is 10.2 Å². The number of nitrogens with one attached hydrogen (secondary N) is 1. The lowest BCUT2D eigenvalue weighted by Crippen LogP contribution is -2.37. The molecule has 0 aliphatic carbocycles. The van der Waals surface area contributed by atoms with E-state index in [9.17, 15) is 22.8 Å². The van der Waals surface area contributed by atoms with Crippen molar-refractivity contribution in [3.63, 3.8) is 0 Å². The molecule has 0 saturated carbocycles. The van der Waals surface area contributed by atoms with E-state index in [1.165, 1.54) is 24.0 Å². The normalized spacial score (nSPS) is 11.4. The topological polar surface area (TPSA) is 49.4 Å². The number of carbonyl (C=O) groups excluding carboxylic acids is 2. The summed E-state index contributed by atoms with van der Waals surface area (Å²) in [4.78, 5) is 24.6. The molecule has 0 aliphatic heterocycles. The second-order valence-electron chi connectivity index (χ2n) is 5.66. The van der Waals surface area contributed by atoms with E-state index in [2.05, 4.69) is 5.32 Å². The maximum atomic E-state index is 12.5. The van der Waals surface area contributed by atoms with Crippen molar-refractivity contribution < 1.29 is 22.8 Å². The quantitative estimate of drug-likeness (QED) is 0.871. The van der Waals surface area contributed by atoms with Gasteiger partial charge in [0.1, 0.15) is 0 Å². The molecule has 2 amide bonds. The number of halogens is 3. The molecule has 0 radical (unpaired) electrons. The molecular weight excluding hydrogens is 309 g/mol. The Bertz CT molecular complexity index is 539. The third kappa shape index (κ3) is 6.30. The molecule has 128 valence electrons.